The molecule has 0 spiro atoms. The van der Waals surface area contributed by atoms with Crippen LogP contribution in [-0.4, -0.2) is 30.1 Å². The number of benzene rings is 2. The molecule has 5 nitrogen and oxygen atoms in total. The van der Waals surface area contributed by atoms with Crippen LogP contribution in [0, 0.1) is 0 Å². The van der Waals surface area contributed by atoms with E-state index in [0.717, 1.165) is 11.1 Å². The van der Waals surface area contributed by atoms with Gasteiger partial charge in [-0.05, 0) is 23.3 Å². The smallest absolute Gasteiger partial charge is 0.328 e. The van der Waals surface area contributed by atoms with E-state index in [1.165, 1.54) is 7.11 Å². The Morgan fingerprint density at radius 1 is 1.08 bits per heavy atom. The van der Waals surface area contributed by atoms with Gasteiger partial charge in [0.25, 0.3) is 5.91 Å². The van der Waals surface area contributed by atoms with Gasteiger partial charge in [0, 0.05) is 6.42 Å². The molecule has 2 aromatic carbocycles. The first-order chi connectivity index (χ1) is 12.0. The molecule has 0 fully saturated rings. The summed E-state index contributed by atoms with van der Waals surface area (Å²) in [7, 11) is 1.25. The third kappa shape index (κ3) is 4.95. The third-order valence-electron chi connectivity index (χ3n) is 3.63. The Bertz CT molecular complexity index is 742. The molecule has 0 unspecified atom stereocenters. The maximum Gasteiger partial charge on any atom is 0.328 e. The molecule has 2 rings (SSSR count). The van der Waals surface area contributed by atoms with Crippen LogP contribution in [0.1, 0.15) is 21.5 Å². The van der Waals surface area contributed by atoms with Crippen LogP contribution in [0.15, 0.2) is 42.5 Å². The second-order valence-electron chi connectivity index (χ2n) is 5.32. The lowest BCUT2D eigenvalue weighted by molar-refractivity contribution is -0.142. The van der Waals surface area contributed by atoms with Gasteiger partial charge < -0.3 is 15.2 Å². The highest BCUT2D eigenvalue weighted by Crippen LogP contribution is 2.24. The van der Waals surface area contributed by atoms with E-state index in [-0.39, 0.29) is 28.6 Å². The summed E-state index contributed by atoms with van der Waals surface area (Å²) in [5.41, 5.74) is 1.67. The number of hydrogen-bond acceptors (Lipinski definition) is 4. The van der Waals surface area contributed by atoms with E-state index in [2.05, 4.69) is 5.32 Å². The van der Waals surface area contributed by atoms with Gasteiger partial charge in [-0.15, -0.1) is 0 Å². The van der Waals surface area contributed by atoms with Gasteiger partial charge in [0.2, 0.25) is 0 Å². The summed E-state index contributed by atoms with van der Waals surface area (Å²) < 4.78 is 4.77. The van der Waals surface area contributed by atoms with Crippen molar-refractivity contribution in [3.8, 4) is 0 Å². The van der Waals surface area contributed by atoms with E-state index < -0.39 is 17.9 Å². The van der Waals surface area contributed by atoms with Gasteiger partial charge in [-0.3, -0.25) is 4.79 Å². The van der Waals surface area contributed by atoms with E-state index >= 15 is 0 Å². The lowest BCUT2D eigenvalue weighted by Gasteiger charge is -2.17. The summed E-state index contributed by atoms with van der Waals surface area (Å²) in [6.07, 6.45) is 0.228. The first kappa shape index (κ1) is 19.2. The van der Waals surface area contributed by atoms with Crippen LogP contribution in [-0.2, 0) is 22.6 Å². The van der Waals surface area contributed by atoms with Gasteiger partial charge >= 0.3 is 5.97 Å². The molecular weight excluding hydrogens is 365 g/mol. The normalized spacial score (nSPS) is 11.7. The van der Waals surface area contributed by atoms with Crippen molar-refractivity contribution in [2.45, 2.75) is 19.1 Å². The summed E-state index contributed by atoms with van der Waals surface area (Å²) in [5, 5.41) is 12.1. The Kier molecular flexibility index (Phi) is 6.82. The zero-order valence-electron chi connectivity index (χ0n) is 13.5. The number of ether oxygens (including phenoxy) is 1. The van der Waals surface area contributed by atoms with E-state index in [4.69, 9.17) is 33.0 Å². The molecule has 0 aliphatic rings. The SMILES string of the molecule is COC(=O)[C@H](Cc1ccc(CO)cc1)NC(=O)c1c(Cl)cccc1Cl. The number of esters is 1. The summed E-state index contributed by atoms with van der Waals surface area (Å²) in [5.74, 6) is -1.14. The van der Waals surface area contributed by atoms with Crippen LogP contribution < -0.4 is 5.32 Å². The molecule has 0 aliphatic carbocycles. The molecule has 25 heavy (non-hydrogen) atoms. The molecule has 0 bridgehead atoms. The lowest BCUT2D eigenvalue weighted by Crippen LogP contribution is -2.43. The Labute approximate surface area is 155 Å². The van der Waals surface area contributed by atoms with Crippen molar-refractivity contribution < 1.29 is 19.4 Å². The molecule has 2 aromatic rings. The van der Waals surface area contributed by atoms with Crippen LogP contribution in [0.2, 0.25) is 10.0 Å². The van der Waals surface area contributed by atoms with Crippen molar-refractivity contribution in [1.29, 1.82) is 0 Å². The highest BCUT2D eigenvalue weighted by molar-refractivity contribution is 6.39. The van der Waals surface area contributed by atoms with Crippen molar-refractivity contribution in [3.05, 3.63) is 69.2 Å². The first-order valence-corrected chi connectivity index (χ1v) is 8.23. The van der Waals surface area contributed by atoms with Crippen LogP contribution in [0.25, 0.3) is 0 Å². The van der Waals surface area contributed by atoms with Gasteiger partial charge in [-0.2, -0.15) is 0 Å². The number of rotatable bonds is 6. The van der Waals surface area contributed by atoms with Crippen molar-refractivity contribution >= 4 is 35.1 Å². The number of aliphatic hydroxyl groups is 1. The molecule has 0 aromatic heterocycles. The summed E-state index contributed by atoms with van der Waals surface area (Å²) >= 11 is 12.1. The largest absolute Gasteiger partial charge is 0.467 e. The quantitative estimate of drug-likeness (QED) is 0.754. The monoisotopic (exact) mass is 381 g/mol. The number of aliphatic hydroxyl groups excluding tert-OH is 1. The minimum atomic E-state index is -0.898. The number of carbonyl (C=O) groups is 2. The van der Waals surface area contributed by atoms with Crippen molar-refractivity contribution in [2.24, 2.45) is 0 Å². The predicted molar refractivity (Wildman–Crippen MR) is 95.8 cm³/mol. The van der Waals surface area contributed by atoms with Crippen LogP contribution in [0.5, 0.6) is 0 Å². The van der Waals surface area contributed by atoms with Crippen LogP contribution in [0.3, 0.4) is 0 Å². The Balaban J connectivity index is 2.19. The minimum Gasteiger partial charge on any atom is -0.467 e. The molecule has 0 saturated heterocycles. The average molecular weight is 382 g/mol. The van der Waals surface area contributed by atoms with Gasteiger partial charge in [0.15, 0.2) is 0 Å². The zero-order chi connectivity index (χ0) is 18.4. The van der Waals surface area contributed by atoms with E-state index in [1.807, 2.05) is 0 Å². The molecule has 0 heterocycles. The lowest BCUT2D eigenvalue weighted by atomic mass is 10.0. The Morgan fingerprint density at radius 2 is 1.64 bits per heavy atom. The molecule has 0 saturated carbocycles. The van der Waals surface area contributed by atoms with Crippen molar-refractivity contribution in [3.63, 3.8) is 0 Å². The molecule has 132 valence electrons. The summed E-state index contributed by atoms with van der Waals surface area (Å²) in [4.78, 5) is 24.5. The molecule has 1 atom stereocenters. The molecule has 0 radical (unpaired) electrons. The van der Waals surface area contributed by atoms with Gasteiger partial charge in [0.05, 0.1) is 29.3 Å². The summed E-state index contributed by atoms with van der Waals surface area (Å²) in [6, 6.07) is 10.9. The minimum absolute atomic E-state index is 0.0670. The molecule has 0 aliphatic heterocycles. The molecular formula is C18H17Cl2NO4. The van der Waals surface area contributed by atoms with Crippen molar-refractivity contribution in [1.82, 2.24) is 5.32 Å². The maximum absolute atomic E-state index is 12.5. The number of carbonyl (C=O) groups excluding carboxylic acids is 2. The topological polar surface area (TPSA) is 75.6 Å². The number of methoxy groups -OCH3 is 1. The van der Waals surface area contributed by atoms with E-state index in [1.54, 1.807) is 42.5 Å². The number of halogens is 2. The second kappa shape index (κ2) is 8.85. The van der Waals surface area contributed by atoms with E-state index in [0.29, 0.717) is 0 Å². The fourth-order valence-corrected chi connectivity index (χ4v) is 2.87. The number of nitrogens with one attached hydrogen (secondary N) is 1. The maximum atomic E-state index is 12.5. The Hall–Kier alpha value is -2.08. The fraction of sp³-hybridized carbons (Fsp3) is 0.222. The standard InChI is InChI=1S/C18H17Cl2NO4/c1-25-18(24)15(9-11-5-7-12(10-22)8-6-11)21-17(23)16-13(19)3-2-4-14(16)20/h2-8,15,22H,9-10H2,1H3,(H,21,23)/t15-/m0/s1. The average Bonchev–Trinajstić information content (AvgIpc) is 2.61. The third-order valence-corrected chi connectivity index (χ3v) is 4.26. The van der Waals surface area contributed by atoms with E-state index in [9.17, 15) is 9.59 Å². The molecule has 1 amide bonds. The molecule has 2 N–H and O–H groups in total. The van der Waals surface area contributed by atoms with Crippen LogP contribution in [0.4, 0.5) is 0 Å². The first-order valence-electron chi connectivity index (χ1n) is 7.47. The van der Waals surface area contributed by atoms with Gasteiger partial charge in [-0.1, -0.05) is 53.5 Å². The highest BCUT2D eigenvalue weighted by Gasteiger charge is 2.24. The fourth-order valence-electron chi connectivity index (χ4n) is 2.30. The number of hydrogen-bond donors (Lipinski definition) is 2. The van der Waals surface area contributed by atoms with Gasteiger partial charge in [-0.25, -0.2) is 4.79 Å². The second-order valence-corrected chi connectivity index (χ2v) is 6.14. The van der Waals surface area contributed by atoms with Gasteiger partial charge in [0.1, 0.15) is 6.04 Å². The number of amides is 1. The predicted octanol–water partition coefficient (Wildman–Crippen LogP) is 3.00. The Morgan fingerprint density at radius 3 is 2.16 bits per heavy atom. The highest BCUT2D eigenvalue weighted by atomic mass is 35.5. The molecule has 7 heteroatoms. The summed E-state index contributed by atoms with van der Waals surface area (Å²) in [6.45, 7) is -0.0670. The van der Waals surface area contributed by atoms with Crippen LogP contribution >= 0.6 is 23.2 Å². The van der Waals surface area contributed by atoms with Crippen molar-refractivity contribution in [2.75, 3.05) is 7.11 Å². The zero-order valence-corrected chi connectivity index (χ0v) is 15.0.